The molecule has 510 valence electrons. The fraction of sp³-hybridized carbons (Fsp3) is 0.0462. The molecule has 0 aliphatic heterocycles. The number of carbonyl (C=O) groups is 2. The van der Waals surface area contributed by atoms with Crippen LogP contribution < -0.4 is 125 Å². The Balaban J connectivity index is 0.000000231. The Morgan fingerprint density at radius 3 is 0.856 bits per heavy atom. The van der Waals surface area contributed by atoms with Gasteiger partial charge in [-0.15, -0.1) is 20.5 Å². The number of carboxylic acids is 1. The lowest BCUT2D eigenvalue weighted by Gasteiger charge is -2.17. The molecule has 0 aliphatic carbocycles. The first-order chi connectivity index (χ1) is 45.7. The minimum atomic E-state index is -4.94. The zero-order chi connectivity index (χ0) is 71.9. The number of hydrogen-bond acceptors (Lipinski definition) is 15. The molecule has 0 saturated carbocycles. The summed E-state index contributed by atoms with van der Waals surface area (Å²) in [6.45, 7) is 0. The van der Waals surface area contributed by atoms with Gasteiger partial charge in [-0.3, -0.25) is 0 Å². The fourth-order valence-corrected chi connectivity index (χ4v) is 14.0. The van der Waals surface area contributed by atoms with Crippen LogP contribution in [0.15, 0.2) is 194 Å². The highest BCUT2D eigenvalue weighted by molar-refractivity contribution is 5.91. The second-order valence-corrected chi connectivity index (χ2v) is 28.3. The number of carbonyl (C=O) groups excluding carboxylic acids is 2. The summed E-state index contributed by atoms with van der Waals surface area (Å²) in [5, 5.41) is 10.1. The molecule has 0 spiro atoms. The van der Waals surface area contributed by atoms with Crippen molar-refractivity contribution in [3.63, 3.8) is 0 Å². The van der Waals surface area contributed by atoms with Gasteiger partial charge in [0.15, 0.2) is 49.2 Å². The van der Waals surface area contributed by atoms with E-state index in [1.165, 1.54) is 24.3 Å². The molecule has 15 nitrogen and oxygen atoms in total. The van der Waals surface area contributed by atoms with Gasteiger partial charge in [-0.1, -0.05) is 54.6 Å². The summed E-state index contributed by atoms with van der Waals surface area (Å²) in [6.07, 6.45) is 0. The summed E-state index contributed by atoms with van der Waals surface area (Å²) in [4.78, 5) is 22.2. The molecule has 97 heavy (non-hydrogen) atoms. The van der Waals surface area contributed by atoms with E-state index in [-0.39, 0.29) is 29.3 Å². The predicted molar refractivity (Wildman–Crippen MR) is 283 cm³/mol. The van der Waals surface area contributed by atoms with Crippen molar-refractivity contribution < 1.29 is 208 Å². The van der Waals surface area contributed by atoms with Crippen LogP contribution in [0.4, 0.5) is 52.7 Å². The molecule has 0 N–H and O–H groups in total. The maximum absolute atomic E-state index is 13.8. The predicted octanol–water partition coefficient (Wildman–Crippen LogP) is -3.77. The van der Waals surface area contributed by atoms with Crippen LogP contribution in [-0.2, 0) is 0 Å². The van der Waals surface area contributed by atoms with E-state index in [0.717, 1.165) is 46.6 Å². The Morgan fingerprint density at radius 2 is 0.577 bits per heavy atom. The lowest BCUT2D eigenvalue weighted by atomic mass is 10.1. The van der Waals surface area contributed by atoms with E-state index in [1.54, 1.807) is 75.9 Å². The van der Waals surface area contributed by atoms with E-state index in [4.69, 9.17) is 51.5 Å². The average molecular weight is 1740 g/mol. The van der Waals surface area contributed by atoms with Crippen molar-refractivity contribution >= 4 is 11.9 Å². The molecule has 0 amide bonds. The zero-order valence-electron chi connectivity index (χ0n) is 49.0. The van der Waals surface area contributed by atoms with Gasteiger partial charge in [0.2, 0.25) is 40.7 Å². The molecule has 10 aromatic rings. The Labute approximate surface area is 578 Å². The highest BCUT2D eigenvalue weighted by Gasteiger charge is 2.33. The van der Waals surface area contributed by atoms with Gasteiger partial charge in [-0.2, -0.15) is 26.3 Å². The monoisotopic (exact) mass is 1740 g/mol. The summed E-state index contributed by atoms with van der Waals surface area (Å²) in [7, 11) is -5.14. The summed E-state index contributed by atoms with van der Waals surface area (Å²) in [5.74, 6) is -19.0. The molecular formula is C65H41Cl2F12I3O15. The molecule has 0 bridgehead atoms. The van der Waals surface area contributed by atoms with Crippen molar-refractivity contribution in [2.45, 2.75) is 0 Å². The van der Waals surface area contributed by atoms with Gasteiger partial charge in [-0.25, -0.2) is 68.4 Å². The number of carboxylic acid groups (broad SMARTS) is 1. The summed E-state index contributed by atoms with van der Waals surface area (Å²) >= 11 is -3.30. The quantitative estimate of drug-likeness (QED) is 0.0253. The number of aromatic carboxylic acids is 1. The maximum atomic E-state index is 13.8. The molecule has 10 aromatic carbocycles. The van der Waals surface area contributed by atoms with Gasteiger partial charge in [0.1, 0.15) is 17.2 Å². The Bertz CT molecular complexity index is 3970. The number of benzene rings is 10. The van der Waals surface area contributed by atoms with E-state index < -0.39 is 179 Å². The largest absolute Gasteiger partial charge is 0.545 e. The average Bonchev–Trinajstić information content (AvgIpc) is 0.832. The van der Waals surface area contributed by atoms with Crippen molar-refractivity contribution in [2.24, 2.45) is 0 Å². The topological polar surface area (TPSA) is 279 Å². The molecule has 0 saturated heterocycles. The third-order valence-corrected chi connectivity index (χ3v) is 20.0. The first kappa shape index (κ1) is 79.8. The van der Waals surface area contributed by atoms with Gasteiger partial charge in [0.25, 0.3) is 7.14 Å². The summed E-state index contributed by atoms with van der Waals surface area (Å²) in [6, 6.07) is 51.4. The van der Waals surface area contributed by atoms with Gasteiger partial charge in [0, 0.05) is 18.2 Å². The first-order valence-electron chi connectivity index (χ1n) is 26.1. The molecule has 0 aliphatic rings. The molecule has 0 atom stereocenters. The summed E-state index contributed by atoms with van der Waals surface area (Å²) < 4.78 is 252. The molecule has 0 heterocycles. The van der Waals surface area contributed by atoms with Crippen molar-refractivity contribution in [1.29, 1.82) is 0 Å². The molecule has 10 rings (SSSR count). The second kappa shape index (κ2) is 37.8. The van der Waals surface area contributed by atoms with E-state index in [1.807, 2.05) is 97.1 Å². The number of esters is 1. The van der Waals surface area contributed by atoms with Crippen molar-refractivity contribution in [3.8, 4) is 45.3 Å². The Kier molecular flexibility index (Phi) is 31.1. The normalized spacial score (nSPS) is 10.7. The van der Waals surface area contributed by atoms with Gasteiger partial charge >= 0.3 is 69.6 Å². The third kappa shape index (κ3) is 26.2. The number of methoxy groups -OCH3 is 3. The second-order valence-electron chi connectivity index (χ2n) is 18.1. The standard InChI is InChI=1S/C20H12F4IO3.2C19H12F4IO.C7H6O2.2ClHO4/c1-27-14-8-6-13(7-9-14)25-12-4-2-11(3-5-12)20(26)28-19-17(23)15(21)10-16(22)18(19)24;2*1-25-14-8-4-12(5-9-14)11-2-6-13(7-3-11)24-19-17(22)15(20)10-16(21)18(19)23;8-7(9)6-4-2-1-3-5-6;2*2-1(3,4)5/h2-10H,1H3;2*2-10H,1H3;1-5H,(H,8,9);2*(H,2,3,4,5)/q3*+1;;;/p-3. The highest BCUT2D eigenvalue weighted by Crippen LogP contribution is 2.28. The van der Waals surface area contributed by atoms with E-state index >= 15 is 0 Å². The smallest absolute Gasteiger partial charge is 0.364 e. The van der Waals surface area contributed by atoms with E-state index in [0.29, 0.717) is 7.14 Å². The number of halogens is 17. The minimum absolute atomic E-state index is 0.00837. The van der Waals surface area contributed by atoms with Crippen LogP contribution in [-0.4, -0.2) is 33.3 Å². The van der Waals surface area contributed by atoms with Crippen LogP contribution in [0.3, 0.4) is 0 Å². The Hall–Kier alpha value is -7.85. The molecule has 0 aromatic heterocycles. The van der Waals surface area contributed by atoms with Crippen LogP contribution in [0.1, 0.15) is 20.7 Å². The maximum Gasteiger partial charge on any atom is 0.364 e. The first-order valence-corrected chi connectivity index (χ1v) is 35.0. The van der Waals surface area contributed by atoms with E-state index in [9.17, 15) is 67.4 Å². The van der Waals surface area contributed by atoms with Crippen LogP contribution in [0.2, 0.25) is 0 Å². The fourth-order valence-electron chi connectivity index (χ4n) is 7.23. The van der Waals surface area contributed by atoms with Crippen molar-refractivity contribution in [3.05, 3.63) is 296 Å². The van der Waals surface area contributed by atoms with Crippen molar-refractivity contribution in [1.82, 2.24) is 0 Å². The molecule has 0 unspecified atom stereocenters. The number of rotatable bonds is 14. The van der Waals surface area contributed by atoms with Crippen LogP contribution in [0.5, 0.6) is 23.0 Å². The number of ether oxygens (including phenoxy) is 4. The Morgan fingerprint density at radius 1 is 0.330 bits per heavy atom. The highest BCUT2D eigenvalue weighted by atomic mass is 127. The summed E-state index contributed by atoms with van der Waals surface area (Å²) in [5.41, 5.74) is 3.96. The lowest BCUT2D eigenvalue weighted by molar-refractivity contribution is -2.00. The van der Waals surface area contributed by atoms with Crippen molar-refractivity contribution in [2.75, 3.05) is 21.3 Å². The molecule has 0 fully saturated rings. The molecule has 0 radical (unpaired) electrons. The third-order valence-electron chi connectivity index (χ3n) is 11.7. The molecule has 32 heteroatoms. The molecular weight excluding hydrogens is 1700 g/mol. The van der Waals surface area contributed by atoms with Gasteiger partial charge in [0.05, 0.1) is 32.9 Å². The van der Waals surface area contributed by atoms with Gasteiger partial charge in [-0.05, 0) is 149 Å². The van der Waals surface area contributed by atoms with Gasteiger partial charge < -0.3 is 28.8 Å². The SMILES string of the molecule is COc1ccc(-c2ccc([I+]c3c(F)c(F)cc(F)c3F)cc2)cc1.COc1ccc(-c2ccc([I+]c3c(F)c(F)cc(F)c3F)cc2)cc1.COc1ccc([I+]c2ccc(C(=O)Oc3c(F)c(F)cc(F)c3F)cc2)cc1.O=C([O-])c1ccccc1.[O-][Cl+3]([O-])([O-])[O-].[O-][Cl+3]([O-])([O-])[O-]. The lowest BCUT2D eigenvalue weighted by Crippen LogP contribution is -3.62. The van der Waals surface area contributed by atoms with Crippen LogP contribution >= 0.6 is 0 Å². The van der Waals surface area contributed by atoms with Crippen LogP contribution in [0, 0.1) is 112 Å². The number of hydrogen-bond donors (Lipinski definition) is 0. The minimum Gasteiger partial charge on any atom is -0.545 e. The van der Waals surface area contributed by atoms with Crippen LogP contribution in [0.25, 0.3) is 22.3 Å². The zero-order valence-corrected chi connectivity index (χ0v) is 57.0. The van der Waals surface area contributed by atoms with E-state index in [2.05, 4.69) is 4.74 Å².